The predicted octanol–water partition coefficient (Wildman–Crippen LogP) is -1.28. The summed E-state index contributed by atoms with van der Waals surface area (Å²) in [7, 11) is 0. The van der Waals surface area contributed by atoms with Gasteiger partial charge in [-0.05, 0) is 0 Å². The van der Waals surface area contributed by atoms with E-state index in [2.05, 4.69) is 62.4 Å². The van der Waals surface area contributed by atoms with Gasteiger partial charge in [-0.3, -0.25) is 0 Å². The van der Waals surface area contributed by atoms with E-state index < -0.39 is 0 Å². The van der Waals surface area contributed by atoms with Crippen molar-refractivity contribution in [1.29, 1.82) is 0 Å². The molecule has 0 heterocycles. The van der Waals surface area contributed by atoms with Crippen LogP contribution in [-0.2, 0) is 38.7 Å². The minimum Gasteiger partial charge on any atom is -1.00 e. The smallest absolute Gasteiger partial charge is 1.00 e. The van der Waals surface area contributed by atoms with Gasteiger partial charge in [0.15, 0.2) is 0 Å². The molecule has 0 bridgehead atoms. The van der Waals surface area contributed by atoms with Crippen LogP contribution < -0.4 is 34.0 Å². The Morgan fingerprint density at radius 3 is 1.11 bits per heavy atom. The van der Waals surface area contributed by atoms with Crippen molar-refractivity contribution in [1.82, 2.24) is 0 Å². The average molecular weight is 553 g/mol. The van der Waals surface area contributed by atoms with Crippen molar-refractivity contribution in [2.45, 2.75) is 39.5 Å². The van der Waals surface area contributed by atoms with E-state index in [0.29, 0.717) is 0 Å². The first-order valence-electron chi connectivity index (χ1n) is 6.28. The van der Waals surface area contributed by atoms with Crippen LogP contribution in [0.2, 0.25) is 0 Å². The molecule has 0 saturated heterocycles. The molecule has 0 unspecified atom stereocenters. The van der Waals surface area contributed by atoms with E-state index in [1.807, 2.05) is 0 Å². The van der Waals surface area contributed by atoms with E-state index in [9.17, 15) is 0 Å². The zero-order valence-electron chi connectivity index (χ0n) is 11.7. The first-order valence-corrected chi connectivity index (χ1v) is 6.28. The molecule has 0 saturated carbocycles. The Balaban J connectivity index is -0.000000233. The Kier molecular flexibility index (Phi) is 21.4. The molecule has 19 heavy (non-hydrogen) atoms. The van der Waals surface area contributed by atoms with Gasteiger partial charge in [0, 0.05) is 0 Å². The molecule has 0 N–H and O–H groups in total. The van der Waals surface area contributed by atoms with Crippen molar-refractivity contribution in [3.8, 4) is 0 Å². The van der Waals surface area contributed by atoms with E-state index in [1.165, 1.54) is 36.8 Å². The summed E-state index contributed by atoms with van der Waals surface area (Å²) in [5.74, 6) is 0. The van der Waals surface area contributed by atoms with Crippen molar-refractivity contribution < 1.29 is 59.8 Å². The molecule has 0 aromatic heterocycles. The molecule has 2 rings (SSSR count). The van der Waals surface area contributed by atoms with E-state index in [4.69, 9.17) is 0 Å². The molecule has 0 aliphatic carbocycles. The number of halogens is 2. The molecule has 0 spiro atoms. The minimum atomic E-state index is 0. The zero-order chi connectivity index (χ0) is 11.6. The van der Waals surface area contributed by atoms with Gasteiger partial charge in [-0.1, -0.05) is 39.5 Å². The molecule has 0 nitrogen and oxygen atoms in total. The first kappa shape index (κ1) is 24.5. The van der Waals surface area contributed by atoms with Gasteiger partial charge in [0.1, 0.15) is 0 Å². The first-order chi connectivity index (χ1) is 7.86. The minimum absolute atomic E-state index is 0. The zero-order valence-corrected chi connectivity index (χ0v) is 18.5. The number of rotatable bonds is 4. The van der Waals surface area contributed by atoms with Crippen molar-refractivity contribution in [3.05, 3.63) is 59.7 Å². The van der Waals surface area contributed by atoms with E-state index in [-0.39, 0.29) is 59.8 Å². The molecule has 0 fully saturated rings. The quantitative estimate of drug-likeness (QED) is 0.328. The van der Waals surface area contributed by atoms with Gasteiger partial charge in [-0.15, -0.1) is 0 Å². The number of hydrogen-bond acceptors (Lipinski definition) is 0. The van der Waals surface area contributed by atoms with Crippen LogP contribution in [0.3, 0.4) is 0 Å². The fraction of sp³-hybridized carbons (Fsp3) is 0.375. The summed E-state index contributed by atoms with van der Waals surface area (Å²) in [6.45, 7) is 4.40. The Morgan fingerprint density at radius 2 is 0.895 bits per heavy atom. The molecule has 0 atom stereocenters. The summed E-state index contributed by atoms with van der Waals surface area (Å²) >= 11 is 0. The van der Waals surface area contributed by atoms with Gasteiger partial charge in [0.2, 0.25) is 0 Å². The third-order valence-electron chi connectivity index (χ3n) is 2.54. The predicted molar refractivity (Wildman–Crippen MR) is 72.1 cm³/mol. The molecule has 2 aromatic carbocycles. The standard InChI is InChI=1S/2C8H11.2BrH.Hf/c2*1-2-5-8-6-3-4-7-8;;;/h2*3-4,6-7H,2,5H2,1H3;2*1H;/q2*-1;;;+4/p-2. The second kappa shape index (κ2) is 16.6. The van der Waals surface area contributed by atoms with Gasteiger partial charge in [0.25, 0.3) is 0 Å². The molecule has 0 aliphatic heterocycles. The van der Waals surface area contributed by atoms with E-state index in [0.717, 1.165) is 0 Å². The van der Waals surface area contributed by atoms with E-state index >= 15 is 0 Å². The molecular weight excluding hydrogens is 530 g/mol. The van der Waals surface area contributed by atoms with Crippen molar-refractivity contribution in [3.63, 3.8) is 0 Å². The van der Waals surface area contributed by atoms with Crippen LogP contribution in [0.4, 0.5) is 0 Å². The molecule has 0 radical (unpaired) electrons. The van der Waals surface area contributed by atoms with Crippen LogP contribution in [0.5, 0.6) is 0 Å². The Bertz CT molecular complexity index is 302. The monoisotopic (exact) mass is 552 g/mol. The molecular formula is C16H22Br2Hf. The fourth-order valence-corrected chi connectivity index (χ4v) is 1.74. The Hall–Kier alpha value is 0.530. The van der Waals surface area contributed by atoms with Crippen molar-refractivity contribution in [2.24, 2.45) is 0 Å². The number of aryl methyl sites for hydroxylation is 2. The molecule has 0 aliphatic rings. The summed E-state index contributed by atoms with van der Waals surface area (Å²) in [5, 5.41) is 0. The maximum atomic E-state index is 2.20. The van der Waals surface area contributed by atoms with Crippen LogP contribution in [-0.4, -0.2) is 0 Å². The fourth-order valence-electron chi connectivity index (χ4n) is 1.74. The summed E-state index contributed by atoms with van der Waals surface area (Å²) in [6.07, 6.45) is 4.97. The SMILES string of the molecule is CCC[c-]1cccc1.CCC[c-]1cccc1.[Br-].[Br-].[Hf+4]. The summed E-state index contributed by atoms with van der Waals surface area (Å²) < 4.78 is 0. The third-order valence-corrected chi connectivity index (χ3v) is 2.54. The van der Waals surface area contributed by atoms with Gasteiger partial charge in [-0.2, -0.15) is 35.4 Å². The Labute approximate surface area is 158 Å². The van der Waals surface area contributed by atoms with Crippen LogP contribution in [0, 0.1) is 0 Å². The summed E-state index contributed by atoms with van der Waals surface area (Å²) in [4.78, 5) is 0. The maximum Gasteiger partial charge on any atom is 4.00 e. The van der Waals surface area contributed by atoms with Crippen LogP contribution in [0.15, 0.2) is 48.5 Å². The van der Waals surface area contributed by atoms with Gasteiger partial charge in [0.05, 0.1) is 0 Å². The van der Waals surface area contributed by atoms with Crippen molar-refractivity contribution in [2.75, 3.05) is 0 Å². The van der Waals surface area contributed by atoms with Crippen LogP contribution in [0.25, 0.3) is 0 Å². The summed E-state index contributed by atoms with van der Waals surface area (Å²) in [5.41, 5.74) is 2.93. The van der Waals surface area contributed by atoms with Gasteiger partial charge < -0.3 is 34.0 Å². The second-order valence-electron chi connectivity index (χ2n) is 4.09. The molecule has 104 valence electrons. The molecule has 3 heteroatoms. The van der Waals surface area contributed by atoms with Gasteiger partial charge in [-0.25, -0.2) is 24.3 Å². The maximum absolute atomic E-state index is 2.20. The topological polar surface area (TPSA) is 0 Å². The molecule has 0 amide bonds. The third kappa shape index (κ3) is 12.0. The summed E-state index contributed by atoms with van der Waals surface area (Å²) in [6, 6.07) is 17.0. The number of hydrogen-bond donors (Lipinski definition) is 0. The normalized spacial score (nSPS) is 8.11. The van der Waals surface area contributed by atoms with Gasteiger partial charge >= 0.3 is 25.8 Å². The van der Waals surface area contributed by atoms with E-state index in [1.54, 1.807) is 0 Å². The van der Waals surface area contributed by atoms with Crippen LogP contribution >= 0.6 is 0 Å². The van der Waals surface area contributed by atoms with Crippen molar-refractivity contribution >= 4 is 0 Å². The average Bonchev–Trinajstić information content (AvgIpc) is 2.92. The molecule has 2 aromatic rings. The van der Waals surface area contributed by atoms with Crippen LogP contribution in [0.1, 0.15) is 37.8 Å². The second-order valence-corrected chi connectivity index (χ2v) is 4.09. The largest absolute Gasteiger partial charge is 4.00 e. The Morgan fingerprint density at radius 1 is 0.632 bits per heavy atom.